The average Bonchev–Trinajstić information content (AvgIpc) is 2.19. The van der Waals surface area contributed by atoms with Crippen molar-refractivity contribution in [3.05, 3.63) is 0 Å². The van der Waals surface area contributed by atoms with Gasteiger partial charge in [-0.25, -0.2) is 0 Å². The first kappa shape index (κ1) is 12.5. The van der Waals surface area contributed by atoms with E-state index in [1.54, 1.807) is 7.11 Å². The van der Waals surface area contributed by atoms with Gasteiger partial charge in [-0.05, 0) is 37.5 Å². The largest absolute Gasteiger partial charge is 0.480 e. The molecule has 1 fully saturated rings. The van der Waals surface area contributed by atoms with Crippen LogP contribution in [-0.2, 0) is 9.53 Å². The highest BCUT2D eigenvalue weighted by Gasteiger charge is 2.43. The molecule has 1 saturated carbocycles. The highest BCUT2D eigenvalue weighted by molar-refractivity contribution is 5.79. The maximum Gasteiger partial charge on any atom is 0.323 e. The average molecular weight is 215 g/mol. The van der Waals surface area contributed by atoms with Crippen molar-refractivity contribution in [1.29, 1.82) is 0 Å². The lowest BCUT2D eigenvalue weighted by Gasteiger charge is -2.39. The zero-order valence-corrected chi connectivity index (χ0v) is 9.53. The van der Waals surface area contributed by atoms with Crippen molar-refractivity contribution in [2.45, 2.75) is 38.1 Å². The minimum atomic E-state index is -1.01. The molecule has 0 spiro atoms. The number of hydrogen-bond donors (Lipinski definition) is 2. The molecular formula is C11H21NO3. The molecule has 0 saturated heterocycles. The van der Waals surface area contributed by atoms with E-state index in [2.05, 4.69) is 0 Å². The third-order valence-corrected chi connectivity index (χ3v) is 3.66. The third-order valence-electron chi connectivity index (χ3n) is 3.66. The molecule has 15 heavy (non-hydrogen) atoms. The van der Waals surface area contributed by atoms with Gasteiger partial charge in [0.15, 0.2) is 0 Å². The summed E-state index contributed by atoms with van der Waals surface area (Å²) in [5.74, 6) is -0.248. The fourth-order valence-corrected chi connectivity index (χ4v) is 2.38. The van der Waals surface area contributed by atoms with Crippen LogP contribution in [0.3, 0.4) is 0 Å². The fourth-order valence-electron chi connectivity index (χ4n) is 2.38. The van der Waals surface area contributed by atoms with Crippen molar-refractivity contribution in [2.75, 3.05) is 13.7 Å². The van der Waals surface area contributed by atoms with Gasteiger partial charge in [0.2, 0.25) is 0 Å². The van der Waals surface area contributed by atoms with E-state index in [0.717, 1.165) is 25.9 Å². The third kappa shape index (κ3) is 2.69. The molecule has 0 heterocycles. The summed E-state index contributed by atoms with van der Waals surface area (Å²) < 4.78 is 5.03. The van der Waals surface area contributed by atoms with Gasteiger partial charge in [0, 0.05) is 13.7 Å². The number of rotatable bonds is 4. The van der Waals surface area contributed by atoms with E-state index in [4.69, 9.17) is 15.6 Å². The predicted molar refractivity (Wildman–Crippen MR) is 57.6 cm³/mol. The summed E-state index contributed by atoms with van der Waals surface area (Å²) in [4.78, 5) is 11.1. The zero-order chi connectivity index (χ0) is 11.5. The van der Waals surface area contributed by atoms with Crippen LogP contribution in [0.15, 0.2) is 0 Å². The van der Waals surface area contributed by atoms with Gasteiger partial charge < -0.3 is 15.6 Å². The van der Waals surface area contributed by atoms with Crippen molar-refractivity contribution in [1.82, 2.24) is 0 Å². The molecule has 4 nitrogen and oxygen atoms in total. The van der Waals surface area contributed by atoms with E-state index in [9.17, 15) is 4.79 Å². The Morgan fingerprint density at radius 2 is 2.33 bits per heavy atom. The zero-order valence-electron chi connectivity index (χ0n) is 9.53. The first-order valence-electron chi connectivity index (χ1n) is 5.52. The van der Waals surface area contributed by atoms with Crippen LogP contribution < -0.4 is 5.73 Å². The molecule has 0 aromatic heterocycles. The molecule has 0 aliphatic heterocycles. The van der Waals surface area contributed by atoms with Crippen molar-refractivity contribution in [3.63, 3.8) is 0 Å². The molecule has 3 atom stereocenters. The second-order valence-corrected chi connectivity index (χ2v) is 4.67. The lowest BCUT2D eigenvalue weighted by atomic mass is 9.69. The molecule has 0 aromatic rings. The second-order valence-electron chi connectivity index (χ2n) is 4.67. The van der Waals surface area contributed by atoms with Crippen LogP contribution in [0.25, 0.3) is 0 Å². The first-order chi connectivity index (χ1) is 7.00. The topological polar surface area (TPSA) is 72.5 Å². The molecular weight excluding hydrogens is 194 g/mol. The molecule has 1 aliphatic rings. The highest BCUT2D eigenvalue weighted by Crippen LogP contribution is 2.36. The Labute approximate surface area is 90.8 Å². The molecule has 0 aromatic carbocycles. The number of methoxy groups -OCH3 is 1. The monoisotopic (exact) mass is 215 g/mol. The number of carboxylic acid groups (broad SMARTS) is 1. The summed E-state index contributed by atoms with van der Waals surface area (Å²) in [7, 11) is 1.69. The van der Waals surface area contributed by atoms with E-state index in [1.807, 2.05) is 6.92 Å². The number of ether oxygens (including phenoxy) is 1. The van der Waals surface area contributed by atoms with Crippen LogP contribution in [0.2, 0.25) is 0 Å². The SMILES string of the molecule is COCCC1CCC(N)(C(=O)O)C(C)C1. The summed E-state index contributed by atoms with van der Waals surface area (Å²) in [5.41, 5.74) is 4.90. The number of hydrogen-bond acceptors (Lipinski definition) is 3. The van der Waals surface area contributed by atoms with Gasteiger partial charge in [0.25, 0.3) is 0 Å². The lowest BCUT2D eigenvalue weighted by Crippen LogP contribution is -2.56. The molecule has 4 heteroatoms. The van der Waals surface area contributed by atoms with Crippen LogP contribution in [0.1, 0.15) is 32.6 Å². The Hall–Kier alpha value is -0.610. The summed E-state index contributed by atoms with van der Waals surface area (Å²) in [5, 5.41) is 9.08. The Morgan fingerprint density at radius 1 is 1.67 bits per heavy atom. The van der Waals surface area contributed by atoms with Crippen molar-refractivity contribution in [3.8, 4) is 0 Å². The molecule has 3 N–H and O–H groups in total. The van der Waals surface area contributed by atoms with Crippen molar-refractivity contribution in [2.24, 2.45) is 17.6 Å². The van der Waals surface area contributed by atoms with E-state index >= 15 is 0 Å². The summed E-state index contributed by atoms with van der Waals surface area (Å²) in [6.07, 6.45) is 3.39. The standard InChI is InChI=1S/C11H21NO3/c1-8-7-9(4-6-15-2)3-5-11(8,12)10(13)14/h8-9H,3-7,12H2,1-2H3,(H,13,14). The van der Waals surface area contributed by atoms with Crippen LogP contribution in [-0.4, -0.2) is 30.3 Å². The van der Waals surface area contributed by atoms with Crippen LogP contribution in [0, 0.1) is 11.8 Å². The van der Waals surface area contributed by atoms with Crippen LogP contribution >= 0.6 is 0 Å². The second kappa shape index (κ2) is 4.94. The smallest absolute Gasteiger partial charge is 0.323 e. The van der Waals surface area contributed by atoms with Gasteiger partial charge in [0.05, 0.1) is 0 Å². The molecule has 1 rings (SSSR count). The van der Waals surface area contributed by atoms with Gasteiger partial charge in [-0.2, -0.15) is 0 Å². The Bertz CT molecular complexity index is 232. The van der Waals surface area contributed by atoms with Gasteiger partial charge in [-0.1, -0.05) is 6.92 Å². The molecule has 88 valence electrons. The summed E-state index contributed by atoms with van der Waals surface area (Å²) >= 11 is 0. The Kier molecular flexibility index (Phi) is 4.11. The van der Waals surface area contributed by atoms with Gasteiger partial charge in [0.1, 0.15) is 5.54 Å². The van der Waals surface area contributed by atoms with Gasteiger partial charge in [-0.15, -0.1) is 0 Å². The maximum absolute atomic E-state index is 11.1. The molecule has 1 aliphatic carbocycles. The summed E-state index contributed by atoms with van der Waals surface area (Å²) in [6.45, 7) is 2.69. The maximum atomic E-state index is 11.1. The minimum Gasteiger partial charge on any atom is -0.480 e. The normalized spacial score (nSPS) is 36.5. The summed E-state index contributed by atoms with van der Waals surface area (Å²) in [6, 6.07) is 0. The van der Waals surface area contributed by atoms with Crippen LogP contribution in [0.5, 0.6) is 0 Å². The van der Waals surface area contributed by atoms with Gasteiger partial charge >= 0.3 is 5.97 Å². The first-order valence-corrected chi connectivity index (χ1v) is 5.52. The van der Waals surface area contributed by atoms with Crippen LogP contribution in [0.4, 0.5) is 0 Å². The highest BCUT2D eigenvalue weighted by atomic mass is 16.5. The van der Waals surface area contributed by atoms with Gasteiger partial charge in [-0.3, -0.25) is 4.79 Å². The van der Waals surface area contributed by atoms with E-state index < -0.39 is 11.5 Å². The van der Waals surface area contributed by atoms with E-state index in [0.29, 0.717) is 12.3 Å². The number of nitrogens with two attached hydrogens (primary N) is 1. The Morgan fingerprint density at radius 3 is 2.80 bits per heavy atom. The molecule has 0 bridgehead atoms. The fraction of sp³-hybridized carbons (Fsp3) is 0.909. The number of carboxylic acids is 1. The molecule has 0 radical (unpaired) electrons. The van der Waals surface area contributed by atoms with E-state index in [1.165, 1.54) is 0 Å². The Balaban J connectivity index is 2.51. The minimum absolute atomic E-state index is 0.0469. The number of carbonyl (C=O) groups is 1. The number of aliphatic carboxylic acids is 1. The van der Waals surface area contributed by atoms with Crippen molar-refractivity contribution < 1.29 is 14.6 Å². The van der Waals surface area contributed by atoms with E-state index in [-0.39, 0.29) is 5.92 Å². The van der Waals surface area contributed by atoms with Crippen molar-refractivity contribution >= 4 is 5.97 Å². The molecule has 3 unspecified atom stereocenters. The lowest BCUT2D eigenvalue weighted by molar-refractivity contribution is -0.147. The predicted octanol–water partition coefficient (Wildman–Crippen LogP) is 1.24. The quantitative estimate of drug-likeness (QED) is 0.740. The molecule has 0 amide bonds.